The third-order valence-electron chi connectivity index (χ3n) is 2.36. The van der Waals surface area contributed by atoms with Crippen molar-refractivity contribution in [3.8, 4) is 0 Å². The van der Waals surface area contributed by atoms with Crippen LogP contribution in [0.2, 0.25) is 0 Å². The Kier molecular flexibility index (Phi) is 3.07. The van der Waals surface area contributed by atoms with Gasteiger partial charge in [-0.1, -0.05) is 13.0 Å². The number of hydrogen-bond donors (Lipinski definition) is 1. The van der Waals surface area contributed by atoms with E-state index in [4.69, 9.17) is 4.74 Å². The van der Waals surface area contributed by atoms with Gasteiger partial charge in [0, 0.05) is 26.5 Å². The summed E-state index contributed by atoms with van der Waals surface area (Å²) in [5.41, 5.74) is 0. The van der Waals surface area contributed by atoms with Gasteiger partial charge in [0.25, 0.3) is 0 Å². The molecule has 0 aromatic carbocycles. The first-order chi connectivity index (χ1) is 4.79. The Morgan fingerprint density at radius 2 is 2.27 bits per heavy atom. The van der Waals surface area contributed by atoms with Gasteiger partial charge in [-0.2, -0.15) is 0 Å². The normalized spacial score (nSPS) is 48.5. The zero-order chi connectivity index (χ0) is 7.14. The summed E-state index contributed by atoms with van der Waals surface area (Å²) < 4.78 is 5.36. The minimum Gasteiger partial charge on any atom is -0.655 e. The molecule has 0 aromatic rings. The average Bonchev–Trinajstić information content (AvgIpc) is 2.41. The molecule has 2 heterocycles. The van der Waals surface area contributed by atoms with Crippen molar-refractivity contribution in [1.29, 1.82) is 0 Å². The molecule has 2 saturated heterocycles. The van der Waals surface area contributed by atoms with E-state index in [0.717, 1.165) is 6.54 Å². The Balaban J connectivity index is 0.000000605. The zero-order valence-corrected chi connectivity index (χ0v) is 9.12. The van der Waals surface area contributed by atoms with Crippen LogP contribution in [0, 0.1) is 5.92 Å². The van der Waals surface area contributed by atoms with E-state index < -0.39 is 0 Å². The number of rotatable bonds is 0. The molecule has 1 N–H and O–H groups in total. The molecule has 0 spiro atoms. The molecule has 1 radical (unpaired) electrons. The minimum absolute atomic E-state index is 0. The van der Waals surface area contributed by atoms with E-state index in [-0.39, 0.29) is 38.7 Å². The van der Waals surface area contributed by atoms with Crippen molar-refractivity contribution < 1.29 is 30.3 Å². The van der Waals surface area contributed by atoms with Gasteiger partial charge in [0.2, 0.25) is 0 Å². The predicted octanol–water partition coefficient (Wildman–Crippen LogP) is 0.136. The average molecular weight is 328 g/mol. The Hall–Kier alpha value is 0.542. The van der Waals surface area contributed by atoms with Crippen molar-refractivity contribution in [2.45, 2.75) is 25.2 Å². The van der Waals surface area contributed by atoms with Gasteiger partial charge >= 0.3 is 0 Å². The van der Waals surface area contributed by atoms with Crippen molar-refractivity contribution in [1.82, 2.24) is 0 Å². The summed E-state index contributed by atoms with van der Waals surface area (Å²) in [6.45, 7) is 3.45. The monoisotopic (exact) mass is 329 g/mol. The molecular formula is C7H12NO2Re-. The molecule has 4 atom stereocenters. The first-order valence-electron chi connectivity index (χ1n) is 3.75. The number of nitrogens with zero attached hydrogens (tertiary/aromatic N) is 1. The standard InChI is InChI=1S/C7H12NO2.Re/c1-4-2-8-6-5(9)3-10-7(4)6;/h4-7,9H,2-3H2,1H3;/q-1;/t4-,5-,6+,7+;/m0./s1. The molecule has 0 aliphatic carbocycles. The third-order valence-corrected chi connectivity index (χ3v) is 2.36. The van der Waals surface area contributed by atoms with E-state index in [9.17, 15) is 5.11 Å². The van der Waals surface area contributed by atoms with Gasteiger partial charge < -0.3 is 15.2 Å². The summed E-state index contributed by atoms with van der Waals surface area (Å²) in [7, 11) is 0. The van der Waals surface area contributed by atoms with Gasteiger partial charge in [-0.3, -0.25) is 0 Å². The van der Waals surface area contributed by atoms with Crippen LogP contribution in [0.25, 0.3) is 5.32 Å². The van der Waals surface area contributed by atoms with Crippen LogP contribution in [0.1, 0.15) is 6.92 Å². The van der Waals surface area contributed by atoms with Crippen LogP contribution in [-0.2, 0) is 25.2 Å². The molecule has 2 aliphatic heterocycles. The minimum atomic E-state index is -0.338. The first kappa shape index (κ1) is 9.63. The van der Waals surface area contributed by atoms with Crippen LogP contribution in [0.15, 0.2) is 0 Å². The molecular weight excluding hydrogens is 316 g/mol. The van der Waals surface area contributed by atoms with Crippen molar-refractivity contribution in [2.24, 2.45) is 5.92 Å². The van der Waals surface area contributed by atoms with Gasteiger partial charge in [-0.05, 0) is 5.92 Å². The molecule has 2 fully saturated rings. The SMILES string of the molecule is C[C@H]1C[N-][C@H]2[C@@H]1OC[C@@H]2O.[Re]. The van der Waals surface area contributed by atoms with E-state index in [2.05, 4.69) is 12.2 Å². The molecule has 2 aliphatic rings. The summed E-state index contributed by atoms with van der Waals surface area (Å²) in [5.74, 6) is 0.502. The number of ether oxygens (including phenoxy) is 1. The van der Waals surface area contributed by atoms with Crippen LogP contribution in [0.4, 0.5) is 0 Å². The number of aliphatic hydroxyl groups is 1. The van der Waals surface area contributed by atoms with Crippen molar-refractivity contribution in [3.63, 3.8) is 0 Å². The Labute approximate surface area is 80.2 Å². The topological polar surface area (TPSA) is 43.6 Å². The smallest absolute Gasteiger partial charge is 0.0715 e. The van der Waals surface area contributed by atoms with E-state index in [1.807, 2.05) is 0 Å². The Morgan fingerprint density at radius 3 is 2.91 bits per heavy atom. The maximum Gasteiger partial charge on any atom is 0.0715 e. The fraction of sp³-hybridized carbons (Fsp3) is 1.00. The van der Waals surface area contributed by atoms with Crippen molar-refractivity contribution >= 4 is 0 Å². The maximum atomic E-state index is 9.30. The molecule has 0 unspecified atom stereocenters. The first-order valence-corrected chi connectivity index (χ1v) is 3.75. The second-order valence-electron chi connectivity index (χ2n) is 3.20. The zero-order valence-electron chi connectivity index (χ0n) is 6.40. The van der Waals surface area contributed by atoms with Crippen LogP contribution in [-0.4, -0.2) is 36.5 Å². The summed E-state index contributed by atoms with van der Waals surface area (Å²) >= 11 is 0. The van der Waals surface area contributed by atoms with E-state index in [1.165, 1.54) is 0 Å². The summed E-state index contributed by atoms with van der Waals surface area (Å²) in [6, 6.07) is 0.0787. The van der Waals surface area contributed by atoms with Gasteiger partial charge in [0.15, 0.2) is 0 Å². The third kappa shape index (κ3) is 1.51. The summed E-state index contributed by atoms with van der Waals surface area (Å²) in [6.07, 6.45) is -0.134. The number of fused-ring (bicyclic) bond motifs is 1. The largest absolute Gasteiger partial charge is 0.655 e. The number of aliphatic hydroxyl groups excluding tert-OH is 1. The van der Waals surface area contributed by atoms with Gasteiger partial charge in [0.1, 0.15) is 0 Å². The van der Waals surface area contributed by atoms with Gasteiger partial charge in [0.05, 0.1) is 12.7 Å². The summed E-state index contributed by atoms with van der Waals surface area (Å²) in [4.78, 5) is 0. The van der Waals surface area contributed by atoms with Crippen LogP contribution < -0.4 is 0 Å². The van der Waals surface area contributed by atoms with E-state index in [1.54, 1.807) is 0 Å². The fourth-order valence-electron chi connectivity index (χ4n) is 1.74. The van der Waals surface area contributed by atoms with Crippen LogP contribution in [0.5, 0.6) is 0 Å². The second-order valence-corrected chi connectivity index (χ2v) is 3.20. The second kappa shape index (κ2) is 3.51. The number of hydrogen-bond acceptors (Lipinski definition) is 2. The van der Waals surface area contributed by atoms with E-state index in [0.29, 0.717) is 12.5 Å². The van der Waals surface area contributed by atoms with Crippen molar-refractivity contribution in [2.75, 3.05) is 13.2 Å². The quantitative estimate of drug-likeness (QED) is 0.687. The maximum absolute atomic E-state index is 9.30. The predicted molar refractivity (Wildman–Crippen MR) is 36.9 cm³/mol. The van der Waals surface area contributed by atoms with Gasteiger partial charge in [-0.25, -0.2) is 0 Å². The molecule has 11 heavy (non-hydrogen) atoms. The molecule has 2 rings (SSSR count). The Bertz CT molecular complexity index is 128. The molecule has 0 amide bonds. The fourth-order valence-corrected chi connectivity index (χ4v) is 1.74. The molecule has 0 aromatic heterocycles. The van der Waals surface area contributed by atoms with Crippen molar-refractivity contribution in [3.05, 3.63) is 5.32 Å². The van der Waals surface area contributed by atoms with Crippen LogP contribution >= 0.6 is 0 Å². The summed E-state index contributed by atoms with van der Waals surface area (Å²) in [5, 5.41) is 13.6. The molecule has 65 valence electrons. The molecule has 4 heteroatoms. The molecule has 3 nitrogen and oxygen atoms in total. The molecule has 0 bridgehead atoms. The Morgan fingerprint density at radius 1 is 1.55 bits per heavy atom. The van der Waals surface area contributed by atoms with E-state index >= 15 is 0 Å². The van der Waals surface area contributed by atoms with Gasteiger partial charge in [-0.15, -0.1) is 6.54 Å². The van der Waals surface area contributed by atoms with Crippen LogP contribution in [0.3, 0.4) is 0 Å². The molecule has 0 saturated carbocycles.